The molecule has 0 saturated heterocycles. The Kier molecular flexibility index (Phi) is 5.52. The summed E-state index contributed by atoms with van der Waals surface area (Å²) in [7, 11) is 1.66. The van der Waals surface area contributed by atoms with Crippen LogP contribution in [0.5, 0.6) is 0 Å². The van der Waals surface area contributed by atoms with Crippen LogP contribution in [0.15, 0.2) is 42.7 Å². The Bertz CT molecular complexity index is 525. The van der Waals surface area contributed by atoms with Crippen molar-refractivity contribution in [3.63, 3.8) is 0 Å². The molecule has 0 amide bonds. The predicted octanol–water partition coefficient (Wildman–Crippen LogP) is 1.86. The molecule has 0 fully saturated rings. The van der Waals surface area contributed by atoms with Gasteiger partial charge in [0.25, 0.3) is 0 Å². The maximum absolute atomic E-state index is 5.18. The molecule has 1 heterocycles. The smallest absolute Gasteiger partial charge is 0.170 e. The van der Waals surface area contributed by atoms with Gasteiger partial charge in [-0.1, -0.05) is 12.1 Å². The molecule has 0 atom stereocenters. The van der Waals surface area contributed by atoms with Crippen molar-refractivity contribution in [3.8, 4) is 0 Å². The van der Waals surface area contributed by atoms with Gasteiger partial charge in [-0.2, -0.15) is 5.10 Å². The SMILES string of the molecule is COCCNC(=S)Nc1ccc(Cn2cccn2)cc1. The van der Waals surface area contributed by atoms with Gasteiger partial charge in [-0.3, -0.25) is 4.68 Å². The molecular formula is C14H18N4OS. The largest absolute Gasteiger partial charge is 0.383 e. The quantitative estimate of drug-likeness (QED) is 0.628. The van der Waals surface area contributed by atoms with Gasteiger partial charge in [-0.25, -0.2) is 0 Å². The summed E-state index contributed by atoms with van der Waals surface area (Å²) in [5.41, 5.74) is 2.15. The molecule has 0 bridgehead atoms. The van der Waals surface area contributed by atoms with Crippen LogP contribution in [0.1, 0.15) is 5.56 Å². The third kappa shape index (κ3) is 4.64. The molecule has 2 N–H and O–H groups in total. The molecular weight excluding hydrogens is 272 g/mol. The first-order valence-electron chi connectivity index (χ1n) is 6.38. The summed E-state index contributed by atoms with van der Waals surface area (Å²) in [6.07, 6.45) is 3.72. The average Bonchev–Trinajstić information content (AvgIpc) is 2.94. The zero-order valence-corrected chi connectivity index (χ0v) is 12.2. The number of anilines is 1. The highest BCUT2D eigenvalue weighted by Gasteiger charge is 1.99. The molecule has 0 radical (unpaired) electrons. The van der Waals surface area contributed by atoms with Crippen molar-refractivity contribution >= 4 is 23.0 Å². The summed E-state index contributed by atoms with van der Waals surface area (Å²) in [6.45, 7) is 2.09. The number of thiocarbonyl (C=S) groups is 1. The van der Waals surface area contributed by atoms with E-state index in [9.17, 15) is 0 Å². The summed E-state index contributed by atoms with van der Waals surface area (Å²) in [5, 5.41) is 11.0. The van der Waals surface area contributed by atoms with Crippen molar-refractivity contribution in [2.75, 3.05) is 25.6 Å². The molecule has 0 aliphatic rings. The van der Waals surface area contributed by atoms with Crippen LogP contribution < -0.4 is 10.6 Å². The van der Waals surface area contributed by atoms with Gasteiger partial charge >= 0.3 is 0 Å². The number of methoxy groups -OCH3 is 1. The summed E-state index contributed by atoms with van der Waals surface area (Å²) in [6, 6.07) is 10.0. The second kappa shape index (κ2) is 7.62. The zero-order valence-electron chi connectivity index (χ0n) is 11.4. The molecule has 2 rings (SSSR count). The number of nitrogens with zero attached hydrogens (tertiary/aromatic N) is 2. The van der Waals surface area contributed by atoms with Gasteiger partial charge in [0.1, 0.15) is 0 Å². The number of nitrogens with one attached hydrogen (secondary N) is 2. The number of rotatable bonds is 6. The monoisotopic (exact) mass is 290 g/mol. The van der Waals surface area contributed by atoms with Crippen LogP contribution in [0.3, 0.4) is 0 Å². The van der Waals surface area contributed by atoms with E-state index in [1.807, 2.05) is 29.1 Å². The summed E-state index contributed by atoms with van der Waals surface area (Å²) in [5.74, 6) is 0. The molecule has 106 valence electrons. The van der Waals surface area contributed by atoms with E-state index in [4.69, 9.17) is 17.0 Å². The van der Waals surface area contributed by atoms with E-state index in [2.05, 4.69) is 27.9 Å². The second-order valence-electron chi connectivity index (χ2n) is 4.27. The molecule has 0 unspecified atom stereocenters. The molecule has 1 aromatic carbocycles. The molecule has 1 aromatic heterocycles. The minimum atomic E-state index is 0.599. The van der Waals surface area contributed by atoms with Crippen molar-refractivity contribution in [1.82, 2.24) is 15.1 Å². The minimum absolute atomic E-state index is 0.599. The van der Waals surface area contributed by atoms with E-state index in [0.29, 0.717) is 18.3 Å². The molecule has 2 aromatic rings. The molecule has 0 spiro atoms. The normalized spacial score (nSPS) is 10.2. The number of aromatic nitrogens is 2. The van der Waals surface area contributed by atoms with Gasteiger partial charge in [0.2, 0.25) is 0 Å². The van der Waals surface area contributed by atoms with Crippen molar-refractivity contribution in [1.29, 1.82) is 0 Å². The topological polar surface area (TPSA) is 51.1 Å². The lowest BCUT2D eigenvalue weighted by Gasteiger charge is -2.10. The van der Waals surface area contributed by atoms with Gasteiger partial charge in [0, 0.05) is 31.7 Å². The number of hydrogen-bond acceptors (Lipinski definition) is 3. The highest BCUT2D eigenvalue weighted by molar-refractivity contribution is 7.80. The van der Waals surface area contributed by atoms with E-state index >= 15 is 0 Å². The van der Waals surface area contributed by atoms with E-state index in [1.165, 1.54) is 5.56 Å². The van der Waals surface area contributed by atoms with E-state index in [1.54, 1.807) is 13.3 Å². The Morgan fingerprint density at radius 2 is 2.15 bits per heavy atom. The first kappa shape index (κ1) is 14.5. The molecule has 0 aliphatic carbocycles. The molecule has 20 heavy (non-hydrogen) atoms. The summed E-state index contributed by atoms with van der Waals surface area (Å²) < 4.78 is 6.84. The van der Waals surface area contributed by atoms with E-state index < -0.39 is 0 Å². The van der Waals surface area contributed by atoms with Crippen LogP contribution in [0, 0.1) is 0 Å². The first-order chi connectivity index (χ1) is 9.78. The van der Waals surface area contributed by atoms with E-state index in [0.717, 1.165) is 12.2 Å². The number of benzene rings is 1. The Morgan fingerprint density at radius 3 is 2.80 bits per heavy atom. The van der Waals surface area contributed by atoms with Crippen LogP contribution in [-0.4, -0.2) is 35.2 Å². The van der Waals surface area contributed by atoms with Crippen molar-refractivity contribution < 1.29 is 4.74 Å². The molecule has 0 aliphatic heterocycles. The summed E-state index contributed by atoms with van der Waals surface area (Å²) in [4.78, 5) is 0. The average molecular weight is 290 g/mol. The van der Waals surface area contributed by atoms with Crippen LogP contribution in [0.2, 0.25) is 0 Å². The fourth-order valence-corrected chi connectivity index (χ4v) is 1.94. The third-order valence-corrected chi connectivity index (χ3v) is 2.95. The van der Waals surface area contributed by atoms with Crippen LogP contribution in [0.4, 0.5) is 5.69 Å². The Labute approximate surface area is 123 Å². The Hall–Kier alpha value is -1.92. The first-order valence-corrected chi connectivity index (χ1v) is 6.79. The molecule has 5 nitrogen and oxygen atoms in total. The number of ether oxygens (including phenoxy) is 1. The van der Waals surface area contributed by atoms with Crippen LogP contribution >= 0.6 is 12.2 Å². The fraction of sp³-hybridized carbons (Fsp3) is 0.286. The molecule has 6 heteroatoms. The minimum Gasteiger partial charge on any atom is -0.383 e. The highest BCUT2D eigenvalue weighted by Crippen LogP contribution is 2.10. The predicted molar refractivity (Wildman–Crippen MR) is 83.9 cm³/mol. The third-order valence-electron chi connectivity index (χ3n) is 2.71. The van der Waals surface area contributed by atoms with Gasteiger partial charge < -0.3 is 15.4 Å². The lowest BCUT2D eigenvalue weighted by Crippen LogP contribution is -2.31. The Balaban J connectivity index is 1.83. The lowest BCUT2D eigenvalue weighted by molar-refractivity contribution is 0.204. The van der Waals surface area contributed by atoms with Gasteiger partial charge in [0.15, 0.2) is 5.11 Å². The van der Waals surface area contributed by atoms with Crippen molar-refractivity contribution in [2.45, 2.75) is 6.54 Å². The lowest BCUT2D eigenvalue weighted by atomic mass is 10.2. The van der Waals surface area contributed by atoms with Crippen LogP contribution in [-0.2, 0) is 11.3 Å². The van der Waals surface area contributed by atoms with E-state index in [-0.39, 0.29) is 0 Å². The fourth-order valence-electron chi connectivity index (χ4n) is 1.72. The van der Waals surface area contributed by atoms with Gasteiger partial charge in [-0.05, 0) is 36.0 Å². The van der Waals surface area contributed by atoms with Gasteiger partial charge in [-0.15, -0.1) is 0 Å². The standard InChI is InChI=1S/C14H18N4OS/c1-19-10-8-15-14(20)17-13-5-3-12(4-6-13)11-18-9-2-7-16-18/h2-7,9H,8,10-11H2,1H3,(H2,15,17,20). The summed E-state index contributed by atoms with van der Waals surface area (Å²) >= 11 is 5.18. The number of hydrogen-bond donors (Lipinski definition) is 2. The Morgan fingerprint density at radius 1 is 1.35 bits per heavy atom. The second-order valence-corrected chi connectivity index (χ2v) is 4.68. The van der Waals surface area contributed by atoms with Crippen LogP contribution in [0.25, 0.3) is 0 Å². The van der Waals surface area contributed by atoms with Gasteiger partial charge in [0.05, 0.1) is 13.2 Å². The maximum Gasteiger partial charge on any atom is 0.170 e. The molecule has 0 saturated carbocycles. The van der Waals surface area contributed by atoms with Crippen molar-refractivity contribution in [2.24, 2.45) is 0 Å². The highest BCUT2D eigenvalue weighted by atomic mass is 32.1. The zero-order chi connectivity index (χ0) is 14.2. The van der Waals surface area contributed by atoms with Crippen molar-refractivity contribution in [3.05, 3.63) is 48.3 Å². The maximum atomic E-state index is 5.18.